The standard InChI is InChI=1S/C10H17N5OS2.C7H8O/c1-16-13-3-4-15(12)7-9(11)6-14-18-10-2-5-17-8-10;1-6-2-4-7(8)5-3-6/h2-3,5,7-8,14H,4,6,11-12H2,1H3;2-5,8H,1H3/b9-7-,13-3?;. The first-order valence-corrected chi connectivity index (χ1v) is 9.47. The molecule has 0 saturated heterocycles. The summed E-state index contributed by atoms with van der Waals surface area (Å²) in [5, 5.41) is 17.9. The molecule has 7 nitrogen and oxygen atoms in total. The van der Waals surface area contributed by atoms with E-state index in [1.54, 1.807) is 35.9 Å². The molecule has 1 aromatic heterocycles. The summed E-state index contributed by atoms with van der Waals surface area (Å²) in [6, 6.07) is 9.13. The van der Waals surface area contributed by atoms with E-state index in [1.807, 2.05) is 30.5 Å². The lowest BCUT2D eigenvalue weighted by Gasteiger charge is -2.12. The zero-order valence-corrected chi connectivity index (χ0v) is 16.5. The fraction of sp³-hybridized carbons (Fsp3) is 0.235. The Morgan fingerprint density at radius 1 is 1.38 bits per heavy atom. The van der Waals surface area contributed by atoms with E-state index in [2.05, 4.69) is 20.1 Å². The number of hydrogen-bond donors (Lipinski definition) is 4. The van der Waals surface area contributed by atoms with Crippen molar-refractivity contribution in [3.05, 3.63) is 58.6 Å². The molecule has 0 unspecified atom stereocenters. The lowest BCUT2D eigenvalue weighted by molar-refractivity contribution is 0.213. The van der Waals surface area contributed by atoms with Gasteiger partial charge < -0.3 is 20.7 Å². The predicted octanol–water partition coefficient (Wildman–Crippen LogP) is 2.65. The van der Waals surface area contributed by atoms with Crippen molar-refractivity contribution in [2.45, 2.75) is 11.8 Å². The van der Waals surface area contributed by atoms with Crippen LogP contribution in [0.3, 0.4) is 0 Å². The number of nitrogens with one attached hydrogen (secondary N) is 1. The first-order valence-electron chi connectivity index (χ1n) is 7.71. The van der Waals surface area contributed by atoms with Gasteiger partial charge in [0.1, 0.15) is 12.9 Å². The summed E-state index contributed by atoms with van der Waals surface area (Å²) in [5.41, 5.74) is 7.62. The van der Waals surface area contributed by atoms with Crippen LogP contribution in [0.25, 0.3) is 0 Å². The van der Waals surface area contributed by atoms with Gasteiger partial charge in [-0.05, 0) is 42.5 Å². The molecule has 142 valence electrons. The summed E-state index contributed by atoms with van der Waals surface area (Å²) in [5.74, 6) is 6.01. The van der Waals surface area contributed by atoms with Gasteiger partial charge in [-0.25, -0.2) is 5.84 Å². The van der Waals surface area contributed by atoms with Crippen molar-refractivity contribution in [1.29, 1.82) is 0 Å². The maximum atomic E-state index is 8.76. The molecule has 0 fully saturated rings. The van der Waals surface area contributed by atoms with Crippen LogP contribution in [0.4, 0.5) is 0 Å². The zero-order chi connectivity index (χ0) is 19.2. The van der Waals surface area contributed by atoms with Crippen LogP contribution in [0, 0.1) is 6.92 Å². The molecule has 0 amide bonds. The fourth-order valence-electron chi connectivity index (χ4n) is 1.57. The van der Waals surface area contributed by atoms with E-state index in [9.17, 15) is 0 Å². The molecule has 0 aliphatic heterocycles. The van der Waals surface area contributed by atoms with Gasteiger partial charge >= 0.3 is 0 Å². The molecule has 0 aliphatic rings. The predicted molar refractivity (Wildman–Crippen MR) is 110 cm³/mol. The van der Waals surface area contributed by atoms with E-state index in [4.69, 9.17) is 16.7 Å². The summed E-state index contributed by atoms with van der Waals surface area (Å²) >= 11 is 3.20. The Hall–Kier alpha value is -2.20. The van der Waals surface area contributed by atoms with Crippen molar-refractivity contribution in [2.75, 3.05) is 20.2 Å². The molecule has 9 heteroatoms. The normalized spacial score (nSPS) is 11.1. The van der Waals surface area contributed by atoms with Crippen molar-refractivity contribution in [1.82, 2.24) is 9.73 Å². The fourth-order valence-corrected chi connectivity index (χ4v) is 3.07. The number of hydrogen-bond acceptors (Lipinski definition) is 9. The minimum Gasteiger partial charge on any atom is -0.508 e. The Morgan fingerprint density at radius 3 is 2.69 bits per heavy atom. The number of oxime groups is 1. The van der Waals surface area contributed by atoms with Gasteiger partial charge in [-0.1, -0.05) is 22.9 Å². The largest absolute Gasteiger partial charge is 0.508 e. The third kappa shape index (κ3) is 10.6. The summed E-state index contributed by atoms with van der Waals surface area (Å²) in [6.45, 7) is 2.97. The van der Waals surface area contributed by atoms with Crippen LogP contribution in [-0.2, 0) is 4.84 Å². The van der Waals surface area contributed by atoms with E-state index in [0.29, 0.717) is 24.5 Å². The highest BCUT2D eigenvalue weighted by Crippen LogP contribution is 2.17. The van der Waals surface area contributed by atoms with Gasteiger partial charge in [0.05, 0.1) is 12.8 Å². The van der Waals surface area contributed by atoms with Gasteiger partial charge in [-0.15, -0.1) is 0 Å². The molecule has 0 saturated carbocycles. The van der Waals surface area contributed by atoms with Gasteiger partial charge in [0, 0.05) is 28.7 Å². The lowest BCUT2D eigenvalue weighted by Crippen LogP contribution is -2.29. The first kappa shape index (κ1) is 21.8. The number of phenolic OH excluding ortho intramolecular Hbond substituents is 1. The van der Waals surface area contributed by atoms with Crippen LogP contribution in [0.1, 0.15) is 5.56 Å². The van der Waals surface area contributed by atoms with Gasteiger partial charge in [-0.3, -0.25) is 4.72 Å². The second-order valence-corrected chi connectivity index (χ2v) is 6.83. The van der Waals surface area contributed by atoms with Crippen LogP contribution in [0.2, 0.25) is 0 Å². The molecular formula is C17H25N5O2S2. The molecular weight excluding hydrogens is 370 g/mol. The summed E-state index contributed by atoms with van der Waals surface area (Å²) < 4.78 is 3.15. The third-order valence-electron chi connectivity index (χ3n) is 2.80. The second-order valence-electron chi connectivity index (χ2n) is 5.09. The Morgan fingerprint density at radius 2 is 2.12 bits per heavy atom. The average Bonchev–Trinajstić information content (AvgIpc) is 3.12. The molecule has 6 N–H and O–H groups in total. The number of benzene rings is 1. The van der Waals surface area contributed by atoms with Crippen molar-refractivity contribution >= 4 is 29.5 Å². The number of aromatic hydroxyl groups is 1. The SMILES string of the molecule is CON=CCN(N)/C=C(\N)CNSc1ccsc1.Cc1ccc(O)cc1. The van der Waals surface area contributed by atoms with E-state index < -0.39 is 0 Å². The van der Waals surface area contributed by atoms with Crippen LogP contribution in [0.15, 0.2) is 63.0 Å². The molecule has 1 heterocycles. The molecule has 2 rings (SSSR count). The number of thiophene rings is 1. The number of phenols is 1. The van der Waals surface area contributed by atoms with Gasteiger partial charge in [0.25, 0.3) is 0 Å². The number of nitrogens with zero attached hydrogens (tertiary/aromatic N) is 2. The summed E-state index contributed by atoms with van der Waals surface area (Å²) in [6.07, 6.45) is 3.21. The van der Waals surface area contributed by atoms with Crippen LogP contribution in [0.5, 0.6) is 5.75 Å². The molecule has 0 atom stereocenters. The molecule has 0 aliphatic carbocycles. The maximum absolute atomic E-state index is 8.76. The number of rotatable bonds is 8. The Bertz CT molecular complexity index is 639. The smallest absolute Gasteiger partial charge is 0.115 e. The van der Waals surface area contributed by atoms with Gasteiger partial charge in [-0.2, -0.15) is 11.3 Å². The molecule has 1 aromatic carbocycles. The lowest BCUT2D eigenvalue weighted by atomic mass is 10.2. The van der Waals surface area contributed by atoms with E-state index in [0.717, 1.165) is 0 Å². The van der Waals surface area contributed by atoms with Crippen molar-refractivity contribution < 1.29 is 9.94 Å². The highest BCUT2D eigenvalue weighted by Gasteiger charge is 1.96. The van der Waals surface area contributed by atoms with Crippen molar-refractivity contribution in [3.8, 4) is 5.75 Å². The molecule has 0 radical (unpaired) electrons. The van der Waals surface area contributed by atoms with E-state index in [-0.39, 0.29) is 0 Å². The zero-order valence-electron chi connectivity index (χ0n) is 14.8. The number of hydrazine groups is 1. The van der Waals surface area contributed by atoms with Crippen LogP contribution in [-0.4, -0.2) is 36.5 Å². The molecule has 0 bridgehead atoms. The van der Waals surface area contributed by atoms with Crippen molar-refractivity contribution in [3.63, 3.8) is 0 Å². The maximum Gasteiger partial charge on any atom is 0.115 e. The molecule has 26 heavy (non-hydrogen) atoms. The van der Waals surface area contributed by atoms with E-state index >= 15 is 0 Å². The molecule has 0 spiro atoms. The summed E-state index contributed by atoms with van der Waals surface area (Å²) in [7, 11) is 1.48. The Labute approximate surface area is 162 Å². The monoisotopic (exact) mass is 395 g/mol. The minimum absolute atomic E-state index is 0.329. The topological polar surface area (TPSA) is 109 Å². The summed E-state index contributed by atoms with van der Waals surface area (Å²) in [4.78, 5) is 5.69. The van der Waals surface area contributed by atoms with Crippen molar-refractivity contribution in [2.24, 2.45) is 16.7 Å². The van der Waals surface area contributed by atoms with Crippen LogP contribution >= 0.6 is 23.3 Å². The highest BCUT2D eigenvalue weighted by molar-refractivity contribution is 7.97. The first-order chi connectivity index (χ1) is 12.5. The Balaban J connectivity index is 0.000000350. The average molecular weight is 396 g/mol. The van der Waals surface area contributed by atoms with E-state index in [1.165, 1.54) is 34.5 Å². The minimum atomic E-state index is 0.329. The highest BCUT2D eigenvalue weighted by atomic mass is 32.2. The van der Waals surface area contributed by atoms with Gasteiger partial charge in [0.15, 0.2) is 0 Å². The van der Waals surface area contributed by atoms with Gasteiger partial charge in [0.2, 0.25) is 0 Å². The van der Waals surface area contributed by atoms with Crippen LogP contribution < -0.4 is 16.3 Å². The second kappa shape index (κ2) is 13.1. The quantitative estimate of drug-likeness (QED) is 0.235. The number of aryl methyl sites for hydroxylation is 1. The third-order valence-corrected chi connectivity index (χ3v) is 4.41. The molecule has 2 aromatic rings. The Kier molecular flexibility index (Phi) is 11.0. The number of nitrogens with two attached hydrogens (primary N) is 2.